The van der Waals surface area contributed by atoms with Crippen LogP contribution in [0.2, 0.25) is 0 Å². The molecule has 0 saturated carbocycles. The van der Waals surface area contributed by atoms with Crippen LogP contribution in [0.25, 0.3) is 11.1 Å². The van der Waals surface area contributed by atoms with Crippen LogP contribution in [-0.4, -0.2) is 48.4 Å². The highest BCUT2D eigenvalue weighted by Crippen LogP contribution is 2.27. The Kier molecular flexibility index (Phi) is 5.09. The second-order valence-corrected chi connectivity index (χ2v) is 10.7. The van der Waals surface area contributed by atoms with Crippen molar-refractivity contribution in [2.75, 3.05) is 26.2 Å². The first-order valence-corrected chi connectivity index (χ1v) is 12.3. The van der Waals surface area contributed by atoms with Crippen molar-refractivity contribution in [1.29, 1.82) is 0 Å². The first-order chi connectivity index (χ1) is 14.4. The van der Waals surface area contributed by atoms with E-state index >= 15 is 0 Å². The van der Waals surface area contributed by atoms with E-state index in [-0.39, 0.29) is 0 Å². The molecule has 0 unspecified atom stereocenters. The smallest absolute Gasteiger partial charge is 0.408 e. The van der Waals surface area contributed by atoms with Crippen LogP contribution in [0.1, 0.15) is 17.5 Å². The van der Waals surface area contributed by atoms with Crippen molar-refractivity contribution < 1.29 is 12.8 Å². The Balaban J connectivity index is 1.30. The maximum absolute atomic E-state index is 13.1. The third kappa shape index (κ3) is 3.53. The highest BCUT2D eigenvalue weighted by atomic mass is 79.9. The Morgan fingerprint density at radius 1 is 0.967 bits per heavy atom. The number of fused-ring (bicyclic) bond motifs is 2. The number of oxazole rings is 1. The van der Waals surface area contributed by atoms with Crippen LogP contribution in [0.5, 0.6) is 0 Å². The van der Waals surface area contributed by atoms with Gasteiger partial charge in [0.25, 0.3) is 0 Å². The van der Waals surface area contributed by atoms with Crippen LogP contribution in [0, 0.1) is 0 Å². The summed E-state index contributed by atoms with van der Waals surface area (Å²) in [5.74, 6) is -0.406. The van der Waals surface area contributed by atoms with Crippen LogP contribution < -0.4 is 5.76 Å². The molecule has 1 aliphatic carbocycles. The average molecular weight is 492 g/mol. The van der Waals surface area contributed by atoms with Gasteiger partial charge in [-0.15, -0.1) is 0 Å². The Morgan fingerprint density at radius 3 is 2.53 bits per heavy atom. The fraction of sp³-hybridized carbons (Fsp3) is 0.381. The fourth-order valence-corrected chi connectivity index (χ4v) is 6.16. The van der Waals surface area contributed by atoms with Gasteiger partial charge in [-0.25, -0.2) is 13.2 Å². The number of benzene rings is 2. The zero-order valence-corrected chi connectivity index (χ0v) is 18.8. The Labute approximate surface area is 183 Å². The summed E-state index contributed by atoms with van der Waals surface area (Å²) in [5, 5.41) is 0. The van der Waals surface area contributed by atoms with Crippen LogP contribution in [0.3, 0.4) is 0 Å². The van der Waals surface area contributed by atoms with Crippen molar-refractivity contribution in [3.05, 3.63) is 62.5 Å². The Hall–Kier alpha value is -1.94. The molecule has 30 heavy (non-hydrogen) atoms. The maximum atomic E-state index is 13.1. The van der Waals surface area contributed by atoms with E-state index in [4.69, 9.17) is 4.42 Å². The van der Waals surface area contributed by atoms with E-state index in [0.29, 0.717) is 43.3 Å². The molecule has 0 N–H and O–H groups in total. The van der Waals surface area contributed by atoms with Crippen molar-refractivity contribution in [3.8, 4) is 0 Å². The summed E-state index contributed by atoms with van der Waals surface area (Å²) in [4.78, 5) is 14.7. The number of aryl methyl sites for hydroxylation is 2. The van der Waals surface area contributed by atoms with Crippen molar-refractivity contribution in [1.82, 2.24) is 13.8 Å². The lowest BCUT2D eigenvalue weighted by molar-refractivity contribution is 0.150. The molecular weight excluding hydrogens is 470 g/mol. The molecule has 0 atom stereocenters. The van der Waals surface area contributed by atoms with Crippen molar-refractivity contribution in [2.45, 2.75) is 30.8 Å². The number of nitrogens with zero attached hydrogens (tertiary/aromatic N) is 3. The monoisotopic (exact) mass is 491 g/mol. The Morgan fingerprint density at radius 2 is 1.73 bits per heavy atom. The van der Waals surface area contributed by atoms with E-state index in [1.807, 2.05) is 24.3 Å². The predicted molar refractivity (Wildman–Crippen MR) is 117 cm³/mol. The van der Waals surface area contributed by atoms with Crippen LogP contribution in [0.15, 0.2) is 55.0 Å². The normalized spacial score (nSPS) is 18.2. The standard InChI is InChI=1S/C21H22BrN3O4S/c22-17-5-7-19-20(13-17)29-21(26)25(19)14-23-8-10-24(11-9-23)30(27,28)18-6-4-15-2-1-3-16(15)12-18/h4-7,12-13H,1-3,8-11,14H2. The van der Waals surface area contributed by atoms with Gasteiger partial charge in [-0.3, -0.25) is 9.47 Å². The first-order valence-electron chi connectivity index (χ1n) is 10.0. The summed E-state index contributed by atoms with van der Waals surface area (Å²) in [6, 6.07) is 11.0. The zero-order valence-electron chi connectivity index (χ0n) is 16.4. The van der Waals surface area contributed by atoms with Gasteiger partial charge in [-0.2, -0.15) is 4.31 Å². The minimum Gasteiger partial charge on any atom is -0.408 e. The van der Waals surface area contributed by atoms with Gasteiger partial charge in [0.1, 0.15) is 0 Å². The molecule has 1 aliphatic heterocycles. The molecule has 1 fully saturated rings. The van der Waals surface area contributed by atoms with E-state index in [0.717, 1.165) is 34.8 Å². The van der Waals surface area contributed by atoms with E-state index in [1.165, 1.54) is 5.56 Å². The van der Waals surface area contributed by atoms with Crippen molar-refractivity contribution in [3.63, 3.8) is 0 Å². The number of hydrogen-bond donors (Lipinski definition) is 0. The molecular formula is C21H22BrN3O4S. The van der Waals surface area contributed by atoms with Crippen molar-refractivity contribution in [2.24, 2.45) is 0 Å². The van der Waals surface area contributed by atoms with Crippen LogP contribution >= 0.6 is 15.9 Å². The van der Waals surface area contributed by atoms with E-state index in [9.17, 15) is 13.2 Å². The lowest BCUT2D eigenvalue weighted by Gasteiger charge is -2.33. The van der Waals surface area contributed by atoms with Gasteiger partial charge in [0.2, 0.25) is 10.0 Å². The molecule has 2 aromatic carbocycles. The van der Waals surface area contributed by atoms with Gasteiger partial charge in [0.05, 0.1) is 17.1 Å². The molecule has 1 saturated heterocycles. The summed E-state index contributed by atoms with van der Waals surface area (Å²) in [6.07, 6.45) is 3.08. The predicted octanol–water partition coefficient (Wildman–Crippen LogP) is 2.81. The SMILES string of the molecule is O=c1oc2cc(Br)ccc2n1CN1CCN(S(=O)(=O)c2ccc3c(c2)CCC3)CC1. The Bertz CT molecular complexity index is 1270. The summed E-state index contributed by atoms with van der Waals surface area (Å²) in [6.45, 7) is 2.28. The van der Waals surface area contributed by atoms with Gasteiger partial charge in [-0.1, -0.05) is 22.0 Å². The molecule has 0 spiro atoms. The number of piperazine rings is 1. The second kappa shape index (κ2) is 7.64. The number of rotatable bonds is 4. The number of aromatic nitrogens is 1. The maximum Gasteiger partial charge on any atom is 0.421 e. The van der Waals surface area contributed by atoms with E-state index in [2.05, 4.69) is 20.8 Å². The molecule has 0 radical (unpaired) electrons. The summed E-state index contributed by atoms with van der Waals surface area (Å²) in [7, 11) is -3.50. The molecule has 2 aliphatic rings. The van der Waals surface area contributed by atoms with Crippen LogP contribution in [-0.2, 0) is 29.5 Å². The first kappa shape index (κ1) is 20.0. The third-order valence-electron chi connectivity index (χ3n) is 6.01. The van der Waals surface area contributed by atoms with Gasteiger partial charge >= 0.3 is 5.76 Å². The average Bonchev–Trinajstić information content (AvgIpc) is 3.32. The topological polar surface area (TPSA) is 75.8 Å². The van der Waals surface area contributed by atoms with Gasteiger partial charge in [-0.05, 0) is 60.7 Å². The summed E-state index contributed by atoms with van der Waals surface area (Å²) in [5.41, 5.74) is 3.69. The molecule has 9 heteroatoms. The summed E-state index contributed by atoms with van der Waals surface area (Å²) >= 11 is 3.38. The quantitative estimate of drug-likeness (QED) is 0.560. The largest absolute Gasteiger partial charge is 0.421 e. The third-order valence-corrected chi connectivity index (χ3v) is 8.40. The highest BCUT2D eigenvalue weighted by molar-refractivity contribution is 9.10. The van der Waals surface area contributed by atoms with E-state index in [1.54, 1.807) is 21.0 Å². The molecule has 158 valence electrons. The van der Waals surface area contributed by atoms with Crippen LogP contribution in [0.4, 0.5) is 0 Å². The van der Waals surface area contributed by atoms with Gasteiger partial charge < -0.3 is 4.42 Å². The van der Waals surface area contributed by atoms with E-state index < -0.39 is 15.8 Å². The summed E-state index contributed by atoms with van der Waals surface area (Å²) < 4.78 is 35.5. The van der Waals surface area contributed by atoms with Gasteiger partial charge in [0.15, 0.2) is 5.58 Å². The number of hydrogen-bond acceptors (Lipinski definition) is 5. The minimum absolute atomic E-state index is 0.375. The lowest BCUT2D eigenvalue weighted by atomic mass is 10.1. The molecule has 7 nitrogen and oxygen atoms in total. The highest BCUT2D eigenvalue weighted by Gasteiger charge is 2.29. The number of halogens is 1. The lowest BCUT2D eigenvalue weighted by Crippen LogP contribution is -2.49. The molecule has 3 aromatic rings. The van der Waals surface area contributed by atoms with Gasteiger partial charge in [0, 0.05) is 30.7 Å². The number of sulfonamides is 1. The molecule has 1 aromatic heterocycles. The fourth-order valence-electron chi connectivity index (χ4n) is 4.34. The zero-order chi connectivity index (χ0) is 20.9. The van der Waals surface area contributed by atoms with Crippen molar-refractivity contribution >= 4 is 37.1 Å². The molecule has 2 heterocycles. The second-order valence-electron chi connectivity index (χ2n) is 7.86. The molecule has 0 amide bonds. The molecule has 5 rings (SSSR count). The minimum atomic E-state index is -3.50. The molecule has 0 bridgehead atoms.